The van der Waals surface area contributed by atoms with Crippen molar-refractivity contribution >= 4 is 5.91 Å². The molecule has 0 bridgehead atoms. The minimum Gasteiger partial charge on any atom is -0.435 e. The van der Waals surface area contributed by atoms with Crippen molar-refractivity contribution in [3.05, 3.63) is 65.7 Å². The summed E-state index contributed by atoms with van der Waals surface area (Å²) in [7, 11) is 0. The monoisotopic (exact) mass is 388 g/mol. The van der Waals surface area contributed by atoms with Crippen LogP contribution in [0.2, 0.25) is 0 Å². The first-order valence-electron chi connectivity index (χ1n) is 9.68. The summed E-state index contributed by atoms with van der Waals surface area (Å²) in [5.74, 6) is 0.166. The minimum absolute atomic E-state index is 0.0256. The second-order valence-electron chi connectivity index (χ2n) is 7.08. The molecule has 28 heavy (non-hydrogen) atoms. The van der Waals surface area contributed by atoms with Gasteiger partial charge >= 0.3 is 6.61 Å². The van der Waals surface area contributed by atoms with Crippen LogP contribution in [0.5, 0.6) is 5.75 Å². The first-order chi connectivity index (χ1) is 13.6. The second-order valence-corrected chi connectivity index (χ2v) is 7.08. The highest BCUT2D eigenvalue weighted by Crippen LogP contribution is 2.20. The Morgan fingerprint density at radius 3 is 2.57 bits per heavy atom. The van der Waals surface area contributed by atoms with Crippen LogP contribution < -0.4 is 10.1 Å². The van der Waals surface area contributed by atoms with Gasteiger partial charge in [-0.05, 0) is 55.5 Å². The topological polar surface area (TPSA) is 41.6 Å². The van der Waals surface area contributed by atoms with E-state index in [9.17, 15) is 13.6 Å². The zero-order chi connectivity index (χ0) is 19.8. The Hall–Kier alpha value is -2.47. The lowest BCUT2D eigenvalue weighted by Crippen LogP contribution is -2.41. The number of carbonyl (C=O) groups is 1. The number of amides is 1. The number of nitrogens with zero attached hydrogens (tertiary/aromatic N) is 1. The van der Waals surface area contributed by atoms with Crippen molar-refractivity contribution in [2.24, 2.45) is 0 Å². The third-order valence-corrected chi connectivity index (χ3v) is 5.04. The number of halogens is 2. The molecule has 1 atom stereocenters. The lowest BCUT2D eigenvalue weighted by Gasteiger charge is -2.24. The Labute approximate surface area is 164 Å². The quantitative estimate of drug-likeness (QED) is 0.713. The summed E-state index contributed by atoms with van der Waals surface area (Å²) in [6, 6.07) is 17.3. The Morgan fingerprint density at radius 1 is 1.11 bits per heavy atom. The third kappa shape index (κ3) is 6.30. The summed E-state index contributed by atoms with van der Waals surface area (Å²) in [6.45, 7) is -0.929. The van der Waals surface area contributed by atoms with Crippen molar-refractivity contribution in [2.75, 3.05) is 19.6 Å². The standard InChI is InChI=1S/C22H26F2N2O2/c23-22(24)28-20-10-8-17(9-11-20)12-13-25-21(27)16-26-14-4-7-19(26)15-18-5-2-1-3-6-18/h1-3,5-6,8-11,19,22H,4,7,12-16H2,(H,25,27). The van der Waals surface area contributed by atoms with Crippen LogP contribution in [0, 0.1) is 0 Å². The highest BCUT2D eigenvalue weighted by Gasteiger charge is 2.26. The Kier molecular flexibility index (Phi) is 7.37. The minimum atomic E-state index is -2.82. The van der Waals surface area contributed by atoms with E-state index in [2.05, 4.69) is 27.1 Å². The maximum atomic E-state index is 12.3. The molecular formula is C22H26F2N2O2. The summed E-state index contributed by atoms with van der Waals surface area (Å²) in [5, 5.41) is 2.96. The number of alkyl halides is 2. The molecule has 2 aromatic carbocycles. The van der Waals surface area contributed by atoms with Crippen molar-refractivity contribution in [1.29, 1.82) is 0 Å². The molecule has 0 aromatic heterocycles. The molecule has 4 nitrogen and oxygen atoms in total. The predicted octanol–water partition coefficient (Wildman–Crippen LogP) is 3.65. The summed E-state index contributed by atoms with van der Waals surface area (Å²) in [5.41, 5.74) is 2.27. The van der Waals surface area contributed by atoms with Crippen LogP contribution in [0.4, 0.5) is 8.78 Å². The number of hydrogen-bond acceptors (Lipinski definition) is 3. The fraction of sp³-hybridized carbons (Fsp3) is 0.409. The number of ether oxygens (including phenoxy) is 1. The van der Waals surface area contributed by atoms with Gasteiger partial charge in [-0.1, -0.05) is 42.5 Å². The maximum absolute atomic E-state index is 12.3. The van der Waals surface area contributed by atoms with Gasteiger partial charge in [-0.3, -0.25) is 9.69 Å². The fourth-order valence-electron chi connectivity index (χ4n) is 3.64. The summed E-state index contributed by atoms with van der Waals surface area (Å²) < 4.78 is 28.6. The van der Waals surface area contributed by atoms with Crippen molar-refractivity contribution in [2.45, 2.75) is 38.3 Å². The molecule has 1 aliphatic rings. The largest absolute Gasteiger partial charge is 0.435 e. The van der Waals surface area contributed by atoms with Crippen molar-refractivity contribution in [3.8, 4) is 5.75 Å². The molecule has 150 valence electrons. The van der Waals surface area contributed by atoms with Gasteiger partial charge in [0.1, 0.15) is 5.75 Å². The van der Waals surface area contributed by atoms with E-state index in [0.717, 1.165) is 31.4 Å². The van der Waals surface area contributed by atoms with Gasteiger partial charge in [0.25, 0.3) is 0 Å². The van der Waals surface area contributed by atoms with Gasteiger partial charge in [-0.15, -0.1) is 0 Å². The molecule has 0 spiro atoms. The number of carbonyl (C=O) groups excluding carboxylic acids is 1. The van der Waals surface area contributed by atoms with Crippen molar-refractivity contribution in [1.82, 2.24) is 10.2 Å². The molecule has 1 aliphatic heterocycles. The van der Waals surface area contributed by atoms with Crippen molar-refractivity contribution < 1.29 is 18.3 Å². The zero-order valence-electron chi connectivity index (χ0n) is 15.8. The van der Waals surface area contributed by atoms with Gasteiger partial charge in [0.05, 0.1) is 6.54 Å². The van der Waals surface area contributed by atoms with Gasteiger partial charge in [0.15, 0.2) is 0 Å². The lowest BCUT2D eigenvalue weighted by atomic mass is 10.0. The fourth-order valence-corrected chi connectivity index (χ4v) is 3.64. The van der Waals surface area contributed by atoms with E-state index < -0.39 is 6.61 Å². The molecular weight excluding hydrogens is 362 g/mol. The maximum Gasteiger partial charge on any atom is 0.387 e. The lowest BCUT2D eigenvalue weighted by molar-refractivity contribution is -0.122. The molecule has 0 radical (unpaired) electrons. The van der Waals surface area contributed by atoms with E-state index in [1.165, 1.54) is 17.7 Å². The predicted molar refractivity (Wildman–Crippen MR) is 105 cm³/mol. The first-order valence-corrected chi connectivity index (χ1v) is 9.68. The van der Waals surface area contributed by atoms with E-state index in [1.54, 1.807) is 12.1 Å². The van der Waals surface area contributed by atoms with Crippen molar-refractivity contribution in [3.63, 3.8) is 0 Å². The van der Waals surface area contributed by atoms with E-state index in [-0.39, 0.29) is 11.7 Å². The van der Waals surface area contributed by atoms with Crippen LogP contribution in [-0.4, -0.2) is 43.1 Å². The molecule has 0 saturated carbocycles. The molecule has 3 rings (SSSR count). The Bertz CT molecular complexity index is 738. The van der Waals surface area contributed by atoms with Crippen LogP contribution in [0.15, 0.2) is 54.6 Å². The highest BCUT2D eigenvalue weighted by molar-refractivity contribution is 5.78. The molecule has 1 amide bonds. The highest BCUT2D eigenvalue weighted by atomic mass is 19.3. The van der Waals surface area contributed by atoms with Gasteiger partial charge < -0.3 is 10.1 Å². The van der Waals surface area contributed by atoms with Crippen LogP contribution in [0.3, 0.4) is 0 Å². The average Bonchev–Trinajstić information content (AvgIpc) is 3.10. The Balaban J connectivity index is 1.40. The Morgan fingerprint density at radius 2 is 1.86 bits per heavy atom. The SMILES string of the molecule is O=C(CN1CCCC1Cc1ccccc1)NCCc1ccc(OC(F)F)cc1. The first kappa shape index (κ1) is 20.3. The van der Waals surface area contributed by atoms with Gasteiger partial charge in [0, 0.05) is 12.6 Å². The van der Waals surface area contributed by atoms with Crippen LogP contribution in [0.25, 0.3) is 0 Å². The molecule has 1 unspecified atom stereocenters. The molecule has 2 aromatic rings. The van der Waals surface area contributed by atoms with Crippen LogP contribution in [-0.2, 0) is 17.6 Å². The number of benzene rings is 2. The van der Waals surface area contributed by atoms with Gasteiger partial charge in [-0.2, -0.15) is 8.78 Å². The van der Waals surface area contributed by atoms with Crippen LogP contribution >= 0.6 is 0 Å². The molecule has 6 heteroatoms. The number of nitrogens with one attached hydrogen (secondary N) is 1. The molecule has 1 fully saturated rings. The molecule has 1 heterocycles. The number of rotatable bonds is 9. The molecule has 0 aliphatic carbocycles. The average molecular weight is 388 g/mol. The van der Waals surface area contributed by atoms with E-state index >= 15 is 0 Å². The second kappa shape index (κ2) is 10.2. The zero-order valence-corrected chi connectivity index (χ0v) is 15.8. The van der Waals surface area contributed by atoms with E-state index in [4.69, 9.17) is 0 Å². The summed E-state index contributed by atoms with van der Waals surface area (Å²) >= 11 is 0. The molecule has 1 saturated heterocycles. The normalized spacial score (nSPS) is 17.0. The molecule has 1 N–H and O–H groups in total. The van der Waals surface area contributed by atoms with Gasteiger partial charge in [0.2, 0.25) is 5.91 Å². The summed E-state index contributed by atoms with van der Waals surface area (Å²) in [6.07, 6.45) is 3.86. The van der Waals surface area contributed by atoms with Gasteiger partial charge in [-0.25, -0.2) is 0 Å². The van der Waals surface area contributed by atoms with E-state index in [0.29, 0.717) is 25.6 Å². The number of hydrogen-bond donors (Lipinski definition) is 1. The third-order valence-electron chi connectivity index (χ3n) is 5.04. The number of likely N-dealkylation sites (tertiary alicyclic amines) is 1. The van der Waals surface area contributed by atoms with Crippen LogP contribution in [0.1, 0.15) is 24.0 Å². The smallest absolute Gasteiger partial charge is 0.387 e. The van der Waals surface area contributed by atoms with E-state index in [1.807, 2.05) is 18.2 Å². The summed E-state index contributed by atoms with van der Waals surface area (Å²) in [4.78, 5) is 14.6.